The Balaban J connectivity index is 1.50. The van der Waals surface area contributed by atoms with Gasteiger partial charge in [0, 0.05) is 25.0 Å². The van der Waals surface area contributed by atoms with Crippen LogP contribution in [0.25, 0.3) is 0 Å². The van der Waals surface area contributed by atoms with Crippen molar-refractivity contribution in [1.29, 1.82) is 0 Å². The van der Waals surface area contributed by atoms with Crippen LogP contribution < -0.4 is 5.32 Å². The molecule has 1 aromatic rings. The minimum atomic E-state index is -0.0108. The molecular formula is C18H27N3O3. The van der Waals surface area contributed by atoms with Crippen LogP contribution in [0.15, 0.2) is 4.52 Å². The van der Waals surface area contributed by atoms with Gasteiger partial charge in [-0.25, -0.2) is 0 Å². The van der Waals surface area contributed by atoms with Gasteiger partial charge in [-0.2, -0.15) is 0 Å². The number of hydrogen-bond acceptors (Lipinski definition) is 4. The first-order valence-corrected chi connectivity index (χ1v) is 9.08. The first kappa shape index (κ1) is 17.0. The SMILES string of the molecule is Cc1noc(C)c1C(=O)N1CCC(NC(=O)C2CCCCC2)CC1. The highest BCUT2D eigenvalue weighted by atomic mass is 16.5. The Morgan fingerprint density at radius 2 is 1.75 bits per heavy atom. The molecule has 24 heavy (non-hydrogen) atoms. The summed E-state index contributed by atoms with van der Waals surface area (Å²) in [7, 11) is 0. The molecule has 1 N–H and O–H groups in total. The van der Waals surface area contributed by atoms with Crippen LogP contribution in [0.1, 0.15) is 66.8 Å². The highest BCUT2D eigenvalue weighted by molar-refractivity contribution is 5.96. The lowest BCUT2D eigenvalue weighted by molar-refractivity contribution is -0.126. The van der Waals surface area contributed by atoms with Gasteiger partial charge in [0.15, 0.2) is 0 Å². The Morgan fingerprint density at radius 3 is 2.33 bits per heavy atom. The van der Waals surface area contributed by atoms with Crippen molar-refractivity contribution in [3.05, 3.63) is 17.0 Å². The molecular weight excluding hydrogens is 306 g/mol. The predicted molar refractivity (Wildman–Crippen MR) is 89.6 cm³/mol. The van der Waals surface area contributed by atoms with Crippen molar-refractivity contribution < 1.29 is 14.1 Å². The lowest BCUT2D eigenvalue weighted by Crippen LogP contribution is -2.48. The van der Waals surface area contributed by atoms with E-state index in [4.69, 9.17) is 4.52 Å². The predicted octanol–water partition coefficient (Wildman–Crippen LogP) is 2.59. The Bertz CT molecular complexity index is 577. The third-order valence-corrected chi connectivity index (χ3v) is 5.35. The van der Waals surface area contributed by atoms with Gasteiger partial charge in [-0.3, -0.25) is 9.59 Å². The second kappa shape index (κ2) is 7.36. The Labute approximate surface area is 142 Å². The van der Waals surface area contributed by atoms with Gasteiger partial charge in [-0.05, 0) is 39.5 Å². The molecule has 1 aliphatic heterocycles. The monoisotopic (exact) mass is 333 g/mol. The van der Waals surface area contributed by atoms with E-state index < -0.39 is 0 Å². The van der Waals surface area contributed by atoms with Crippen molar-refractivity contribution in [3.63, 3.8) is 0 Å². The number of nitrogens with one attached hydrogen (secondary N) is 1. The van der Waals surface area contributed by atoms with Crippen LogP contribution in [0.4, 0.5) is 0 Å². The summed E-state index contributed by atoms with van der Waals surface area (Å²) in [4.78, 5) is 26.8. The Morgan fingerprint density at radius 1 is 1.08 bits per heavy atom. The average molecular weight is 333 g/mol. The van der Waals surface area contributed by atoms with E-state index >= 15 is 0 Å². The summed E-state index contributed by atoms with van der Waals surface area (Å²) in [6.07, 6.45) is 7.27. The van der Waals surface area contributed by atoms with Gasteiger partial charge in [-0.1, -0.05) is 24.4 Å². The minimum absolute atomic E-state index is 0.0108. The Hall–Kier alpha value is -1.85. The van der Waals surface area contributed by atoms with Crippen LogP contribution in [-0.2, 0) is 4.79 Å². The van der Waals surface area contributed by atoms with Crippen LogP contribution in [-0.4, -0.2) is 41.0 Å². The molecule has 2 heterocycles. The van der Waals surface area contributed by atoms with E-state index in [1.165, 1.54) is 19.3 Å². The molecule has 2 fully saturated rings. The van der Waals surface area contributed by atoms with E-state index in [1.54, 1.807) is 13.8 Å². The van der Waals surface area contributed by atoms with Crippen molar-refractivity contribution >= 4 is 11.8 Å². The van der Waals surface area contributed by atoms with Gasteiger partial charge in [-0.15, -0.1) is 0 Å². The zero-order valence-electron chi connectivity index (χ0n) is 14.6. The normalized spacial score (nSPS) is 20.2. The number of carbonyl (C=O) groups is 2. The molecule has 2 amide bonds. The zero-order chi connectivity index (χ0) is 17.1. The lowest BCUT2D eigenvalue weighted by atomic mass is 9.88. The molecule has 1 saturated heterocycles. The first-order chi connectivity index (χ1) is 11.6. The van der Waals surface area contributed by atoms with Crippen LogP contribution >= 0.6 is 0 Å². The molecule has 0 atom stereocenters. The molecule has 0 bridgehead atoms. The zero-order valence-corrected chi connectivity index (χ0v) is 14.6. The van der Waals surface area contributed by atoms with Gasteiger partial charge in [0.2, 0.25) is 5.91 Å². The fourth-order valence-corrected chi connectivity index (χ4v) is 3.86. The smallest absolute Gasteiger partial charge is 0.259 e. The highest BCUT2D eigenvalue weighted by Gasteiger charge is 2.29. The molecule has 1 aliphatic carbocycles. The molecule has 6 heteroatoms. The van der Waals surface area contributed by atoms with Crippen LogP contribution in [0.3, 0.4) is 0 Å². The van der Waals surface area contributed by atoms with E-state index in [1.807, 2.05) is 4.90 Å². The van der Waals surface area contributed by atoms with Gasteiger partial charge in [0.1, 0.15) is 11.3 Å². The summed E-state index contributed by atoms with van der Waals surface area (Å²) in [6.45, 7) is 4.89. The van der Waals surface area contributed by atoms with E-state index in [0.717, 1.165) is 25.7 Å². The largest absolute Gasteiger partial charge is 0.361 e. The topological polar surface area (TPSA) is 75.4 Å². The molecule has 0 unspecified atom stereocenters. The number of amides is 2. The Kier molecular flexibility index (Phi) is 5.21. The summed E-state index contributed by atoms with van der Waals surface area (Å²) in [6, 6.07) is 0.188. The molecule has 6 nitrogen and oxygen atoms in total. The summed E-state index contributed by atoms with van der Waals surface area (Å²) in [5.41, 5.74) is 1.23. The van der Waals surface area contributed by atoms with E-state index in [0.29, 0.717) is 30.1 Å². The number of aromatic nitrogens is 1. The van der Waals surface area contributed by atoms with Crippen molar-refractivity contribution in [2.24, 2.45) is 5.92 Å². The summed E-state index contributed by atoms with van der Waals surface area (Å²) in [5, 5.41) is 7.06. The maximum absolute atomic E-state index is 12.6. The van der Waals surface area contributed by atoms with Crippen molar-refractivity contribution in [2.45, 2.75) is 64.8 Å². The fraction of sp³-hybridized carbons (Fsp3) is 0.722. The number of nitrogens with zero attached hydrogens (tertiary/aromatic N) is 2. The number of carbonyl (C=O) groups excluding carboxylic acids is 2. The molecule has 1 saturated carbocycles. The van der Waals surface area contributed by atoms with E-state index in [-0.39, 0.29) is 23.8 Å². The fourth-order valence-electron chi connectivity index (χ4n) is 3.86. The molecule has 0 spiro atoms. The van der Waals surface area contributed by atoms with Gasteiger partial charge >= 0.3 is 0 Å². The molecule has 0 radical (unpaired) electrons. The molecule has 2 aliphatic rings. The minimum Gasteiger partial charge on any atom is -0.361 e. The van der Waals surface area contributed by atoms with E-state index in [2.05, 4.69) is 10.5 Å². The summed E-state index contributed by atoms with van der Waals surface area (Å²) in [5.74, 6) is 0.972. The van der Waals surface area contributed by atoms with Crippen molar-refractivity contribution in [1.82, 2.24) is 15.4 Å². The molecule has 0 aromatic carbocycles. The second-order valence-corrected chi connectivity index (χ2v) is 7.11. The quantitative estimate of drug-likeness (QED) is 0.922. The average Bonchev–Trinajstić information content (AvgIpc) is 2.94. The molecule has 1 aromatic heterocycles. The molecule has 132 valence electrons. The van der Waals surface area contributed by atoms with E-state index in [9.17, 15) is 9.59 Å². The highest BCUT2D eigenvalue weighted by Crippen LogP contribution is 2.24. The summed E-state index contributed by atoms with van der Waals surface area (Å²) >= 11 is 0. The summed E-state index contributed by atoms with van der Waals surface area (Å²) < 4.78 is 5.09. The van der Waals surface area contributed by atoms with Crippen LogP contribution in [0.2, 0.25) is 0 Å². The third kappa shape index (κ3) is 3.62. The van der Waals surface area contributed by atoms with Gasteiger partial charge in [0.25, 0.3) is 5.91 Å². The number of hydrogen-bond donors (Lipinski definition) is 1. The maximum Gasteiger partial charge on any atom is 0.259 e. The first-order valence-electron chi connectivity index (χ1n) is 9.08. The maximum atomic E-state index is 12.6. The van der Waals surface area contributed by atoms with Crippen LogP contribution in [0, 0.1) is 19.8 Å². The van der Waals surface area contributed by atoms with Crippen molar-refractivity contribution in [3.8, 4) is 0 Å². The van der Waals surface area contributed by atoms with Gasteiger partial charge < -0.3 is 14.7 Å². The van der Waals surface area contributed by atoms with Crippen LogP contribution in [0.5, 0.6) is 0 Å². The van der Waals surface area contributed by atoms with Crippen molar-refractivity contribution in [2.75, 3.05) is 13.1 Å². The number of piperidine rings is 1. The number of rotatable bonds is 3. The lowest BCUT2D eigenvalue weighted by Gasteiger charge is -2.33. The second-order valence-electron chi connectivity index (χ2n) is 7.11. The number of aryl methyl sites for hydroxylation is 2. The standard InChI is InChI=1S/C18H27N3O3/c1-12-16(13(2)24-20-12)18(23)21-10-8-15(9-11-21)19-17(22)14-6-4-3-5-7-14/h14-15H,3-11H2,1-2H3,(H,19,22). The number of likely N-dealkylation sites (tertiary alicyclic amines) is 1. The third-order valence-electron chi connectivity index (χ3n) is 5.35. The molecule has 3 rings (SSSR count). The van der Waals surface area contributed by atoms with Gasteiger partial charge in [0.05, 0.1) is 5.69 Å².